The number of benzene rings is 2. The molecule has 5 N–H and O–H groups in total. The zero-order valence-corrected chi connectivity index (χ0v) is 13.4. The van der Waals surface area contributed by atoms with Crippen LogP contribution in [-0.2, 0) is 30.4 Å². The molecule has 0 heterocycles. The van der Waals surface area contributed by atoms with Gasteiger partial charge in [-0.25, -0.2) is 0 Å². The third-order valence-corrected chi connectivity index (χ3v) is 5.61. The van der Waals surface area contributed by atoms with E-state index in [2.05, 4.69) is 0 Å². The van der Waals surface area contributed by atoms with Gasteiger partial charge in [0, 0.05) is 10.8 Å². The van der Waals surface area contributed by atoms with Crippen molar-refractivity contribution in [3.8, 4) is 0 Å². The molecule has 10 nitrogen and oxygen atoms in total. The fourth-order valence-electron chi connectivity index (χ4n) is 2.05. The van der Waals surface area contributed by atoms with Crippen LogP contribution < -0.4 is 5.73 Å². The topological polar surface area (TPSA) is 189 Å². The molecule has 13 heteroatoms. The van der Waals surface area contributed by atoms with Crippen molar-refractivity contribution in [3.05, 3.63) is 24.3 Å². The smallest absolute Gasteiger partial charge is 0.296 e. The van der Waals surface area contributed by atoms with Crippen LogP contribution in [0.3, 0.4) is 0 Å². The molecule has 0 bridgehead atoms. The molecular weight excluding hydrogens is 374 g/mol. The van der Waals surface area contributed by atoms with Crippen molar-refractivity contribution in [2.75, 3.05) is 5.73 Å². The number of anilines is 1. The van der Waals surface area contributed by atoms with E-state index in [1.54, 1.807) is 0 Å². The SMILES string of the molecule is Nc1c(S(=O)(=O)O)cc(S(=O)(=O)O)c2cccc(S(=O)(=O)O)c12. The molecule has 0 radical (unpaired) electrons. The molecule has 0 spiro atoms. The summed E-state index contributed by atoms with van der Waals surface area (Å²) >= 11 is 0. The first-order valence-electron chi connectivity index (χ1n) is 5.52. The normalized spacial score (nSPS) is 13.3. The summed E-state index contributed by atoms with van der Waals surface area (Å²) in [4.78, 5) is -3.02. The zero-order valence-electron chi connectivity index (χ0n) is 10.9. The third-order valence-electron chi connectivity index (χ3n) is 2.92. The summed E-state index contributed by atoms with van der Waals surface area (Å²) in [5.41, 5.74) is 4.72. The Balaban J connectivity index is 3.28. The lowest BCUT2D eigenvalue weighted by atomic mass is 10.1. The molecule has 0 fully saturated rings. The van der Waals surface area contributed by atoms with E-state index >= 15 is 0 Å². The largest absolute Gasteiger partial charge is 0.397 e. The second-order valence-corrected chi connectivity index (χ2v) is 8.56. The summed E-state index contributed by atoms with van der Waals surface area (Å²) < 4.78 is 95.8. The Hall–Kier alpha value is -1.77. The number of fused-ring (bicyclic) bond motifs is 1. The standard InChI is InChI=1S/C10H9NO9S3/c11-10-8(23(18,19)20)4-7(22(15,16)17)5-2-1-3-6(9(5)10)21(12,13)14/h1-4H,11H2,(H,12,13,14)(H,15,16,17)(H,18,19,20). The summed E-state index contributed by atoms with van der Waals surface area (Å²) in [5, 5.41) is -1.12. The fourth-order valence-corrected chi connectivity index (χ4v) is 4.22. The molecule has 0 saturated carbocycles. The van der Waals surface area contributed by atoms with Gasteiger partial charge in [-0.15, -0.1) is 0 Å². The van der Waals surface area contributed by atoms with Gasteiger partial charge in [-0.05, 0) is 12.1 Å². The van der Waals surface area contributed by atoms with Gasteiger partial charge in [0.05, 0.1) is 5.69 Å². The maximum atomic E-state index is 11.4. The first-order valence-corrected chi connectivity index (χ1v) is 9.84. The summed E-state index contributed by atoms with van der Waals surface area (Å²) in [5.74, 6) is 0. The molecule has 0 saturated heterocycles. The highest BCUT2D eigenvalue weighted by Gasteiger charge is 2.27. The second kappa shape index (κ2) is 5.12. The van der Waals surface area contributed by atoms with Crippen molar-refractivity contribution in [1.29, 1.82) is 0 Å². The minimum Gasteiger partial charge on any atom is -0.397 e. The predicted octanol–water partition coefficient (Wildman–Crippen LogP) is 0.162. The molecule has 0 aliphatic rings. The van der Waals surface area contributed by atoms with Crippen molar-refractivity contribution in [2.24, 2.45) is 0 Å². The van der Waals surface area contributed by atoms with E-state index < -0.39 is 61.5 Å². The van der Waals surface area contributed by atoms with Gasteiger partial charge in [0.25, 0.3) is 30.4 Å². The van der Waals surface area contributed by atoms with Crippen LogP contribution in [0.2, 0.25) is 0 Å². The predicted molar refractivity (Wildman–Crippen MR) is 77.8 cm³/mol. The van der Waals surface area contributed by atoms with E-state index in [0.29, 0.717) is 6.07 Å². The number of hydrogen-bond acceptors (Lipinski definition) is 7. The average Bonchev–Trinajstić information content (AvgIpc) is 2.34. The molecule has 2 aromatic rings. The quantitative estimate of drug-likeness (QED) is 0.419. The van der Waals surface area contributed by atoms with Gasteiger partial charge >= 0.3 is 0 Å². The van der Waals surface area contributed by atoms with E-state index in [-0.39, 0.29) is 0 Å². The van der Waals surface area contributed by atoms with Gasteiger partial charge in [-0.1, -0.05) is 12.1 Å². The van der Waals surface area contributed by atoms with Crippen LogP contribution in [0, 0.1) is 0 Å². The molecule has 2 aromatic carbocycles. The molecule has 126 valence electrons. The molecule has 0 atom stereocenters. The van der Waals surface area contributed by atoms with Crippen LogP contribution in [0.15, 0.2) is 39.0 Å². The number of nitrogens with two attached hydrogens (primary N) is 1. The molecule has 0 unspecified atom stereocenters. The number of rotatable bonds is 3. The van der Waals surface area contributed by atoms with E-state index in [0.717, 1.165) is 18.2 Å². The lowest BCUT2D eigenvalue weighted by Crippen LogP contribution is -2.10. The van der Waals surface area contributed by atoms with Crippen LogP contribution >= 0.6 is 0 Å². The van der Waals surface area contributed by atoms with Crippen LogP contribution in [0.1, 0.15) is 0 Å². The van der Waals surface area contributed by atoms with Gasteiger partial charge < -0.3 is 5.73 Å². The van der Waals surface area contributed by atoms with Crippen LogP contribution in [0.5, 0.6) is 0 Å². The first-order chi connectivity index (χ1) is 10.2. The summed E-state index contributed by atoms with van der Waals surface area (Å²) in [7, 11) is -15.0. The molecule has 2 rings (SSSR count). The van der Waals surface area contributed by atoms with Gasteiger partial charge in [0.2, 0.25) is 0 Å². The summed E-state index contributed by atoms with van der Waals surface area (Å²) in [6.45, 7) is 0. The third kappa shape index (κ3) is 3.15. The lowest BCUT2D eigenvalue weighted by molar-refractivity contribution is 0.478. The molecule has 0 aliphatic carbocycles. The maximum Gasteiger partial charge on any atom is 0.296 e. The molecule has 23 heavy (non-hydrogen) atoms. The summed E-state index contributed by atoms with van der Waals surface area (Å²) in [6, 6.07) is 3.32. The molecule has 0 aromatic heterocycles. The van der Waals surface area contributed by atoms with E-state index in [1.807, 2.05) is 0 Å². The van der Waals surface area contributed by atoms with Crippen molar-refractivity contribution in [2.45, 2.75) is 14.7 Å². The fraction of sp³-hybridized carbons (Fsp3) is 0. The van der Waals surface area contributed by atoms with Gasteiger partial charge in [-0.2, -0.15) is 25.3 Å². The monoisotopic (exact) mass is 383 g/mol. The highest BCUT2D eigenvalue weighted by atomic mass is 32.2. The maximum absolute atomic E-state index is 11.4. The van der Waals surface area contributed by atoms with Gasteiger partial charge in [0.15, 0.2) is 0 Å². The van der Waals surface area contributed by atoms with Gasteiger partial charge in [0.1, 0.15) is 14.7 Å². The molecular formula is C10H9NO9S3. The highest BCUT2D eigenvalue weighted by molar-refractivity contribution is 7.87. The van der Waals surface area contributed by atoms with E-state index in [9.17, 15) is 34.4 Å². The van der Waals surface area contributed by atoms with Crippen LogP contribution in [-0.4, -0.2) is 38.9 Å². The Morgan fingerprint density at radius 2 is 1.22 bits per heavy atom. The Morgan fingerprint density at radius 3 is 1.65 bits per heavy atom. The Bertz CT molecular complexity index is 1130. The highest BCUT2D eigenvalue weighted by Crippen LogP contribution is 2.37. The molecule has 0 amide bonds. The zero-order chi connectivity index (χ0) is 17.8. The minimum absolute atomic E-state index is 0.385. The summed E-state index contributed by atoms with van der Waals surface area (Å²) in [6.07, 6.45) is 0. The average molecular weight is 383 g/mol. The first kappa shape index (κ1) is 17.6. The molecule has 0 aliphatic heterocycles. The van der Waals surface area contributed by atoms with Crippen LogP contribution in [0.4, 0.5) is 5.69 Å². The van der Waals surface area contributed by atoms with Crippen molar-refractivity contribution in [1.82, 2.24) is 0 Å². The van der Waals surface area contributed by atoms with Gasteiger partial charge in [-0.3, -0.25) is 13.7 Å². The number of nitrogen functional groups attached to an aromatic ring is 1. The van der Waals surface area contributed by atoms with Crippen molar-refractivity contribution in [3.63, 3.8) is 0 Å². The second-order valence-electron chi connectivity index (χ2n) is 4.39. The Kier molecular flexibility index (Phi) is 3.91. The van der Waals surface area contributed by atoms with E-state index in [1.165, 1.54) is 0 Å². The van der Waals surface area contributed by atoms with Crippen LogP contribution in [0.25, 0.3) is 10.8 Å². The van der Waals surface area contributed by atoms with Crippen molar-refractivity contribution < 1.29 is 38.9 Å². The lowest BCUT2D eigenvalue weighted by Gasteiger charge is -2.13. The number of hydrogen-bond donors (Lipinski definition) is 4. The van der Waals surface area contributed by atoms with Crippen molar-refractivity contribution >= 4 is 46.8 Å². The Labute approximate surface area is 130 Å². The van der Waals surface area contributed by atoms with E-state index in [4.69, 9.17) is 10.3 Å². The minimum atomic E-state index is -5.05. The Morgan fingerprint density at radius 1 is 0.739 bits per heavy atom.